The van der Waals surface area contributed by atoms with Crippen molar-refractivity contribution in [3.63, 3.8) is 0 Å². The molecule has 0 spiro atoms. The van der Waals surface area contributed by atoms with Crippen molar-refractivity contribution in [2.75, 3.05) is 18.0 Å². The van der Waals surface area contributed by atoms with Gasteiger partial charge in [-0.15, -0.1) is 5.10 Å². The lowest BCUT2D eigenvalue weighted by Gasteiger charge is -2.33. The summed E-state index contributed by atoms with van der Waals surface area (Å²) in [6, 6.07) is 7.30. The number of piperidine rings is 1. The van der Waals surface area contributed by atoms with Crippen molar-refractivity contribution in [3.8, 4) is 0 Å². The van der Waals surface area contributed by atoms with Crippen LogP contribution in [0.15, 0.2) is 34.2 Å². The number of H-pyrrole nitrogens is 1. The molecule has 3 rings (SSSR count). The number of alkyl halides is 5. The fourth-order valence-electron chi connectivity index (χ4n) is 2.36. The lowest BCUT2D eigenvalue weighted by Crippen LogP contribution is -2.39. The maximum Gasteiger partial charge on any atom is 0.490 e. The number of aromatic carboxylic acids is 1. The van der Waals surface area contributed by atoms with Gasteiger partial charge >= 0.3 is 18.1 Å². The number of aliphatic carboxylic acids is 1. The Morgan fingerprint density at radius 3 is 2.10 bits per heavy atom. The third-order valence-electron chi connectivity index (χ3n) is 3.88. The van der Waals surface area contributed by atoms with Gasteiger partial charge in [-0.05, 0) is 24.3 Å². The van der Waals surface area contributed by atoms with Gasteiger partial charge in [0, 0.05) is 36.5 Å². The zero-order valence-electron chi connectivity index (χ0n) is 15.0. The van der Waals surface area contributed by atoms with Crippen LogP contribution in [0.4, 0.5) is 27.6 Å². The van der Waals surface area contributed by atoms with Gasteiger partial charge < -0.3 is 15.1 Å². The number of rotatable bonds is 4. The molecule has 2 heterocycles. The minimum Gasteiger partial charge on any atom is -0.476 e. The smallest absolute Gasteiger partial charge is 0.476 e. The molecule has 1 aromatic heterocycles. The predicted molar refractivity (Wildman–Crippen MR) is 94.0 cm³/mol. The molecule has 0 bridgehead atoms. The molecule has 3 N–H and O–H groups in total. The van der Waals surface area contributed by atoms with Crippen LogP contribution in [0.1, 0.15) is 23.3 Å². The molecule has 2 aromatic rings. The molecule has 1 saturated heterocycles. The first-order valence-corrected chi connectivity index (χ1v) is 9.06. The number of carboxylic acid groups (broad SMARTS) is 2. The summed E-state index contributed by atoms with van der Waals surface area (Å²) in [5, 5.41) is 26.0. The molecule has 164 valence electrons. The second-order valence-electron chi connectivity index (χ2n) is 6.04. The van der Waals surface area contributed by atoms with Gasteiger partial charge in [0.25, 0.3) is 5.92 Å². The number of nitrogens with one attached hydrogen (secondary N) is 1. The highest BCUT2D eigenvalue weighted by molar-refractivity contribution is 7.99. The van der Waals surface area contributed by atoms with Gasteiger partial charge in [-0.1, -0.05) is 17.0 Å². The van der Waals surface area contributed by atoms with Crippen LogP contribution in [0, 0.1) is 0 Å². The van der Waals surface area contributed by atoms with Crippen molar-refractivity contribution in [1.82, 2.24) is 15.4 Å². The maximum atomic E-state index is 13.2. The summed E-state index contributed by atoms with van der Waals surface area (Å²) >= 11 is 1.18. The Kier molecular flexibility index (Phi) is 7.23. The standard InChI is InChI=1S/C14H14F2N4O2S.C2HF3O2/c15-14(16)5-7-20(8-6-14)9-1-3-10(4-2-9)23-12-11(13(21)22)17-19-18-12;3-2(4,5)1(6)7/h1-4H,5-8H2,(H,21,22)(H,17,18,19);(H,6,7). The topological polar surface area (TPSA) is 119 Å². The second kappa shape index (κ2) is 9.28. The summed E-state index contributed by atoms with van der Waals surface area (Å²) in [4.78, 5) is 22.6. The molecule has 1 aliphatic rings. The van der Waals surface area contributed by atoms with Gasteiger partial charge in [0.2, 0.25) is 0 Å². The number of aromatic amines is 1. The van der Waals surface area contributed by atoms with E-state index in [1.54, 1.807) is 0 Å². The van der Waals surface area contributed by atoms with Crippen LogP contribution in [0.5, 0.6) is 0 Å². The largest absolute Gasteiger partial charge is 0.490 e. The normalized spacial score (nSPS) is 15.8. The summed E-state index contributed by atoms with van der Waals surface area (Å²) in [5.41, 5.74) is 0.820. The van der Waals surface area contributed by atoms with Gasteiger partial charge in [0.1, 0.15) is 0 Å². The summed E-state index contributed by atoms with van der Waals surface area (Å²) in [7, 11) is 0. The van der Waals surface area contributed by atoms with Crippen LogP contribution in [0.2, 0.25) is 0 Å². The van der Waals surface area contributed by atoms with Crippen molar-refractivity contribution < 1.29 is 41.8 Å². The van der Waals surface area contributed by atoms with E-state index in [9.17, 15) is 26.7 Å². The molecule has 0 unspecified atom stereocenters. The van der Waals surface area contributed by atoms with Crippen LogP contribution in [-0.2, 0) is 4.79 Å². The fourth-order valence-corrected chi connectivity index (χ4v) is 3.17. The van der Waals surface area contributed by atoms with E-state index < -0.39 is 24.0 Å². The number of anilines is 1. The van der Waals surface area contributed by atoms with E-state index in [1.165, 1.54) is 11.8 Å². The van der Waals surface area contributed by atoms with E-state index in [-0.39, 0.29) is 23.6 Å². The molecule has 1 aromatic carbocycles. The first-order valence-electron chi connectivity index (χ1n) is 8.24. The van der Waals surface area contributed by atoms with Gasteiger partial charge in [-0.3, -0.25) is 5.10 Å². The van der Waals surface area contributed by atoms with Crippen LogP contribution >= 0.6 is 11.8 Å². The summed E-state index contributed by atoms with van der Waals surface area (Å²) in [6.45, 7) is 0.651. The number of carboxylic acids is 2. The summed E-state index contributed by atoms with van der Waals surface area (Å²) in [6.07, 6.45) is -5.35. The lowest BCUT2D eigenvalue weighted by atomic mass is 10.1. The molecular formula is C16H15F5N4O4S. The molecule has 0 aliphatic carbocycles. The Morgan fingerprint density at radius 1 is 1.10 bits per heavy atom. The molecule has 8 nitrogen and oxygen atoms in total. The average molecular weight is 454 g/mol. The Morgan fingerprint density at radius 2 is 1.63 bits per heavy atom. The highest BCUT2D eigenvalue weighted by atomic mass is 32.2. The molecule has 0 amide bonds. The van der Waals surface area contributed by atoms with Crippen LogP contribution in [0.3, 0.4) is 0 Å². The van der Waals surface area contributed by atoms with Gasteiger partial charge in [-0.25, -0.2) is 18.4 Å². The fraction of sp³-hybridized carbons (Fsp3) is 0.375. The van der Waals surface area contributed by atoms with Crippen LogP contribution in [-0.4, -0.2) is 62.8 Å². The molecule has 30 heavy (non-hydrogen) atoms. The molecular weight excluding hydrogens is 439 g/mol. The zero-order chi connectivity index (χ0) is 22.5. The quantitative estimate of drug-likeness (QED) is 0.601. The van der Waals surface area contributed by atoms with E-state index in [2.05, 4.69) is 15.4 Å². The molecule has 14 heteroatoms. The monoisotopic (exact) mass is 454 g/mol. The first-order chi connectivity index (χ1) is 13.9. The van der Waals surface area contributed by atoms with E-state index in [0.29, 0.717) is 13.1 Å². The lowest BCUT2D eigenvalue weighted by molar-refractivity contribution is -0.192. The molecule has 0 atom stereocenters. The molecule has 1 aliphatic heterocycles. The predicted octanol–water partition coefficient (Wildman–Crippen LogP) is 3.52. The van der Waals surface area contributed by atoms with E-state index >= 15 is 0 Å². The van der Waals surface area contributed by atoms with Gasteiger partial charge in [0.15, 0.2) is 10.7 Å². The van der Waals surface area contributed by atoms with E-state index in [1.807, 2.05) is 29.2 Å². The van der Waals surface area contributed by atoms with Gasteiger partial charge in [0.05, 0.1) is 0 Å². The third kappa shape index (κ3) is 6.57. The number of hydrogen-bond donors (Lipinski definition) is 3. The number of hydrogen-bond acceptors (Lipinski definition) is 6. The molecule has 0 saturated carbocycles. The van der Waals surface area contributed by atoms with E-state index in [4.69, 9.17) is 15.0 Å². The Hall–Kier alpha value is -2.90. The minimum atomic E-state index is -5.08. The third-order valence-corrected chi connectivity index (χ3v) is 4.87. The number of halogens is 5. The van der Waals surface area contributed by atoms with Gasteiger partial charge in [-0.2, -0.15) is 13.2 Å². The highest BCUT2D eigenvalue weighted by Crippen LogP contribution is 2.33. The average Bonchev–Trinajstić information content (AvgIpc) is 3.11. The molecule has 0 radical (unpaired) electrons. The van der Waals surface area contributed by atoms with E-state index in [0.717, 1.165) is 10.6 Å². The first kappa shape index (κ1) is 23.4. The highest BCUT2D eigenvalue weighted by Gasteiger charge is 2.38. The Labute approximate surface area is 170 Å². The number of aromatic nitrogens is 3. The maximum absolute atomic E-state index is 13.2. The van der Waals surface area contributed by atoms with Crippen molar-refractivity contribution >= 4 is 29.4 Å². The Balaban J connectivity index is 0.000000396. The summed E-state index contributed by atoms with van der Waals surface area (Å²) < 4.78 is 58.1. The van der Waals surface area contributed by atoms with Crippen molar-refractivity contribution in [1.29, 1.82) is 0 Å². The van der Waals surface area contributed by atoms with Crippen molar-refractivity contribution in [2.24, 2.45) is 0 Å². The van der Waals surface area contributed by atoms with Crippen molar-refractivity contribution in [2.45, 2.75) is 34.9 Å². The number of carbonyl (C=O) groups is 2. The van der Waals surface area contributed by atoms with Crippen molar-refractivity contribution in [3.05, 3.63) is 30.0 Å². The zero-order valence-corrected chi connectivity index (χ0v) is 15.8. The summed E-state index contributed by atoms with van der Waals surface area (Å²) in [5.74, 6) is -6.44. The second-order valence-corrected chi connectivity index (χ2v) is 7.10. The SMILES string of the molecule is O=C(O)C(F)(F)F.O=C(O)c1[nH]nnc1Sc1ccc(N2CCC(F)(F)CC2)cc1. The Bertz CT molecular complexity index is 879. The number of nitrogens with zero attached hydrogens (tertiary/aromatic N) is 3. The number of benzene rings is 1. The minimum absolute atomic E-state index is 0.0580. The molecule has 1 fully saturated rings. The van der Waals surface area contributed by atoms with Crippen LogP contribution < -0.4 is 4.90 Å². The van der Waals surface area contributed by atoms with Crippen LogP contribution in [0.25, 0.3) is 0 Å².